The molecule has 0 aliphatic heterocycles. The van der Waals surface area contributed by atoms with Crippen molar-refractivity contribution in [3.63, 3.8) is 0 Å². The Kier molecular flexibility index (Phi) is 8.02. The predicted molar refractivity (Wildman–Crippen MR) is 128 cm³/mol. The molecule has 0 spiro atoms. The minimum atomic E-state index is -3.99. The standard InChI is InChI=1S/C21H16BrCl3N2O3S/c22-15-6-8-16(9-7-15)31(29,30)27(12-14-5-10-17(23)19(25)11-14)13-21(28)26-20-4-2-1-3-18(20)24/h1-11H,12-13H2,(H,26,28). The maximum atomic E-state index is 13.3. The SMILES string of the molecule is O=C(CN(Cc1ccc(Cl)c(Cl)c1)S(=O)(=O)c1ccc(Br)cc1)Nc1ccccc1Cl. The molecule has 0 radical (unpaired) electrons. The van der Waals surface area contributed by atoms with E-state index in [-0.39, 0.29) is 11.4 Å². The van der Waals surface area contributed by atoms with Crippen molar-refractivity contribution in [2.45, 2.75) is 11.4 Å². The van der Waals surface area contributed by atoms with Crippen LogP contribution in [-0.2, 0) is 21.4 Å². The molecule has 0 heterocycles. The zero-order valence-electron chi connectivity index (χ0n) is 15.9. The Labute approximate surface area is 204 Å². The Bertz CT molecular complexity index is 1200. The Morgan fingerprint density at radius 2 is 1.58 bits per heavy atom. The van der Waals surface area contributed by atoms with Gasteiger partial charge in [-0.25, -0.2) is 8.42 Å². The zero-order valence-corrected chi connectivity index (χ0v) is 20.5. The first-order valence-corrected chi connectivity index (χ1v) is 12.3. The number of carbonyl (C=O) groups is 1. The molecule has 1 N–H and O–H groups in total. The molecule has 0 saturated carbocycles. The van der Waals surface area contributed by atoms with Gasteiger partial charge in [0.15, 0.2) is 0 Å². The Balaban J connectivity index is 1.91. The average molecular weight is 563 g/mol. The molecule has 5 nitrogen and oxygen atoms in total. The summed E-state index contributed by atoms with van der Waals surface area (Å²) in [6.45, 7) is -0.505. The van der Waals surface area contributed by atoms with Crippen molar-refractivity contribution in [1.29, 1.82) is 0 Å². The highest BCUT2D eigenvalue weighted by Crippen LogP contribution is 2.26. The van der Waals surface area contributed by atoms with Gasteiger partial charge < -0.3 is 5.32 Å². The second-order valence-corrected chi connectivity index (χ2v) is 10.6. The lowest BCUT2D eigenvalue weighted by molar-refractivity contribution is -0.116. The summed E-state index contributed by atoms with van der Waals surface area (Å²) in [5, 5.41) is 3.64. The molecule has 31 heavy (non-hydrogen) atoms. The van der Waals surface area contributed by atoms with Crippen molar-refractivity contribution in [3.05, 3.63) is 91.8 Å². The van der Waals surface area contributed by atoms with Crippen LogP contribution in [0.2, 0.25) is 15.1 Å². The molecule has 0 atom stereocenters. The van der Waals surface area contributed by atoms with E-state index < -0.39 is 22.5 Å². The van der Waals surface area contributed by atoms with Crippen LogP contribution in [0, 0.1) is 0 Å². The molecule has 1 amide bonds. The van der Waals surface area contributed by atoms with Gasteiger partial charge in [0.2, 0.25) is 15.9 Å². The van der Waals surface area contributed by atoms with Crippen molar-refractivity contribution < 1.29 is 13.2 Å². The van der Waals surface area contributed by atoms with Gasteiger partial charge in [-0.15, -0.1) is 0 Å². The molecule has 162 valence electrons. The smallest absolute Gasteiger partial charge is 0.243 e. The van der Waals surface area contributed by atoms with Gasteiger partial charge in [-0.05, 0) is 54.1 Å². The predicted octanol–water partition coefficient (Wildman–Crippen LogP) is 6.24. The van der Waals surface area contributed by atoms with Gasteiger partial charge in [-0.3, -0.25) is 4.79 Å². The summed E-state index contributed by atoms with van der Waals surface area (Å²) < 4.78 is 28.4. The van der Waals surface area contributed by atoms with Crippen LogP contribution < -0.4 is 5.32 Å². The lowest BCUT2D eigenvalue weighted by atomic mass is 10.2. The first-order valence-electron chi connectivity index (χ1n) is 8.91. The molecule has 10 heteroatoms. The van der Waals surface area contributed by atoms with E-state index in [2.05, 4.69) is 21.2 Å². The molecule has 0 saturated heterocycles. The van der Waals surface area contributed by atoms with Crippen molar-refractivity contribution >= 4 is 72.4 Å². The van der Waals surface area contributed by atoms with Crippen LogP contribution in [0.15, 0.2) is 76.1 Å². The number of nitrogens with one attached hydrogen (secondary N) is 1. The molecular weight excluding hydrogens is 547 g/mol. The number of hydrogen-bond acceptors (Lipinski definition) is 3. The van der Waals surface area contributed by atoms with E-state index >= 15 is 0 Å². The number of benzene rings is 3. The number of nitrogens with zero attached hydrogens (tertiary/aromatic N) is 1. The summed E-state index contributed by atoms with van der Waals surface area (Å²) in [6.07, 6.45) is 0. The zero-order chi connectivity index (χ0) is 22.6. The number of para-hydroxylation sites is 1. The fraction of sp³-hybridized carbons (Fsp3) is 0.0952. The van der Waals surface area contributed by atoms with E-state index in [0.29, 0.717) is 26.3 Å². The molecule has 3 rings (SSSR count). The third kappa shape index (κ3) is 6.22. The fourth-order valence-corrected chi connectivity index (χ4v) is 4.89. The van der Waals surface area contributed by atoms with Gasteiger partial charge in [0, 0.05) is 11.0 Å². The second kappa shape index (κ2) is 10.3. The molecule has 0 aliphatic carbocycles. The van der Waals surface area contributed by atoms with Crippen molar-refractivity contribution in [2.24, 2.45) is 0 Å². The molecule has 0 bridgehead atoms. The average Bonchev–Trinajstić information content (AvgIpc) is 2.72. The molecule has 0 fully saturated rings. The van der Waals surface area contributed by atoms with E-state index in [1.54, 1.807) is 54.6 Å². The summed E-state index contributed by atoms with van der Waals surface area (Å²) in [5.74, 6) is -0.533. The van der Waals surface area contributed by atoms with Crippen LogP contribution in [0.4, 0.5) is 5.69 Å². The normalized spacial score (nSPS) is 11.5. The minimum absolute atomic E-state index is 0.0568. The molecule has 0 unspecified atom stereocenters. The van der Waals surface area contributed by atoms with E-state index in [1.807, 2.05) is 0 Å². The van der Waals surface area contributed by atoms with E-state index in [0.717, 1.165) is 8.78 Å². The van der Waals surface area contributed by atoms with Crippen molar-refractivity contribution in [1.82, 2.24) is 4.31 Å². The van der Waals surface area contributed by atoms with Gasteiger partial charge in [-0.1, -0.05) is 68.9 Å². The fourth-order valence-electron chi connectivity index (χ4n) is 2.74. The van der Waals surface area contributed by atoms with E-state index in [4.69, 9.17) is 34.8 Å². The van der Waals surface area contributed by atoms with E-state index in [1.165, 1.54) is 12.1 Å². The number of hydrogen-bond donors (Lipinski definition) is 1. The quantitative estimate of drug-likeness (QED) is 0.371. The highest BCUT2D eigenvalue weighted by Gasteiger charge is 2.27. The number of sulfonamides is 1. The summed E-state index contributed by atoms with van der Waals surface area (Å²) in [4.78, 5) is 12.7. The monoisotopic (exact) mass is 560 g/mol. The Hall–Kier alpha value is -1.61. The third-order valence-electron chi connectivity index (χ3n) is 4.26. The van der Waals surface area contributed by atoms with Crippen LogP contribution in [0.25, 0.3) is 0 Å². The molecule has 3 aromatic carbocycles. The third-order valence-corrected chi connectivity index (χ3v) is 7.67. The molecule has 0 aliphatic rings. The number of carbonyl (C=O) groups excluding carboxylic acids is 1. The van der Waals surface area contributed by atoms with Gasteiger partial charge in [-0.2, -0.15) is 4.31 Å². The first kappa shape index (κ1) is 24.0. The summed E-state index contributed by atoms with van der Waals surface area (Å²) in [6, 6.07) is 17.7. The van der Waals surface area contributed by atoms with Crippen LogP contribution in [0.1, 0.15) is 5.56 Å². The van der Waals surface area contributed by atoms with Crippen molar-refractivity contribution in [2.75, 3.05) is 11.9 Å². The molecule has 3 aromatic rings. The molecule has 0 aromatic heterocycles. The summed E-state index contributed by atoms with van der Waals surface area (Å²) in [7, 11) is -3.99. The maximum Gasteiger partial charge on any atom is 0.243 e. The maximum absolute atomic E-state index is 13.3. The lowest BCUT2D eigenvalue weighted by Gasteiger charge is -2.22. The van der Waals surface area contributed by atoms with Gasteiger partial charge in [0.25, 0.3) is 0 Å². The second-order valence-electron chi connectivity index (χ2n) is 6.50. The number of halogens is 4. The summed E-state index contributed by atoms with van der Waals surface area (Å²) in [5.41, 5.74) is 0.977. The van der Waals surface area contributed by atoms with Crippen LogP contribution in [-0.4, -0.2) is 25.2 Å². The van der Waals surface area contributed by atoms with Crippen LogP contribution in [0.3, 0.4) is 0 Å². The van der Waals surface area contributed by atoms with Crippen molar-refractivity contribution in [3.8, 4) is 0 Å². The van der Waals surface area contributed by atoms with E-state index in [9.17, 15) is 13.2 Å². The topological polar surface area (TPSA) is 66.5 Å². The Morgan fingerprint density at radius 3 is 2.23 bits per heavy atom. The van der Waals surface area contributed by atoms with Crippen LogP contribution in [0.5, 0.6) is 0 Å². The molecular formula is C21H16BrCl3N2O3S. The van der Waals surface area contributed by atoms with Gasteiger partial charge in [0.1, 0.15) is 0 Å². The Morgan fingerprint density at radius 1 is 0.903 bits per heavy atom. The summed E-state index contributed by atoms with van der Waals surface area (Å²) >= 11 is 21.4. The van der Waals surface area contributed by atoms with Gasteiger partial charge in [0.05, 0.1) is 32.2 Å². The highest BCUT2D eigenvalue weighted by atomic mass is 79.9. The number of anilines is 1. The van der Waals surface area contributed by atoms with Gasteiger partial charge >= 0.3 is 0 Å². The number of rotatable bonds is 7. The largest absolute Gasteiger partial charge is 0.324 e. The number of amides is 1. The highest BCUT2D eigenvalue weighted by molar-refractivity contribution is 9.10. The lowest BCUT2D eigenvalue weighted by Crippen LogP contribution is -2.37. The minimum Gasteiger partial charge on any atom is -0.324 e. The first-order chi connectivity index (χ1) is 14.7. The van der Waals surface area contributed by atoms with Crippen LogP contribution >= 0.6 is 50.7 Å².